The Balaban J connectivity index is 2.03. The first-order chi connectivity index (χ1) is 8.66. The van der Waals surface area contributed by atoms with Gasteiger partial charge in [-0.1, -0.05) is 0 Å². The highest BCUT2D eigenvalue weighted by Gasteiger charge is 2.35. The number of carbonyl (C=O) groups is 1. The zero-order chi connectivity index (χ0) is 12.7. The van der Waals surface area contributed by atoms with E-state index in [0.717, 1.165) is 12.0 Å². The van der Waals surface area contributed by atoms with Gasteiger partial charge in [-0.05, 0) is 30.4 Å². The number of anilines is 1. The maximum atomic E-state index is 11.5. The molecule has 1 aliphatic rings. The summed E-state index contributed by atoms with van der Waals surface area (Å²) in [5.41, 5.74) is 0.895. The number of carboxylic acids is 1. The molecule has 0 radical (unpaired) electrons. The summed E-state index contributed by atoms with van der Waals surface area (Å²) in [4.78, 5) is 18.8. The molecule has 0 bridgehead atoms. The van der Waals surface area contributed by atoms with Crippen molar-refractivity contribution in [2.24, 2.45) is 0 Å². The zero-order valence-electron chi connectivity index (χ0n) is 9.66. The van der Waals surface area contributed by atoms with E-state index in [1.165, 1.54) is 16.4 Å². The third-order valence-electron chi connectivity index (χ3n) is 2.96. The first-order valence-electron chi connectivity index (χ1n) is 5.53. The van der Waals surface area contributed by atoms with Crippen LogP contribution in [-0.2, 0) is 11.2 Å². The Morgan fingerprint density at radius 1 is 1.61 bits per heavy atom. The molecule has 1 atom stereocenters. The molecule has 0 amide bonds. The van der Waals surface area contributed by atoms with E-state index in [1.54, 1.807) is 11.3 Å². The number of aryl methyl sites for hydroxylation is 1. The van der Waals surface area contributed by atoms with Crippen LogP contribution in [0.1, 0.15) is 22.3 Å². The van der Waals surface area contributed by atoms with Crippen LogP contribution in [0.5, 0.6) is 0 Å². The van der Waals surface area contributed by atoms with Gasteiger partial charge in [-0.25, -0.2) is 9.78 Å². The maximum Gasteiger partial charge on any atom is 0.331 e. The Bertz CT molecular complexity index is 593. The van der Waals surface area contributed by atoms with Gasteiger partial charge in [0.05, 0.1) is 0 Å². The van der Waals surface area contributed by atoms with E-state index >= 15 is 0 Å². The van der Waals surface area contributed by atoms with Crippen LogP contribution in [0, 0.1) is 6.92 Å². The first-order valence-corrected chi connectivity index (χ1v) is 7.18. The second kappa shape index (κ2) is 4.33. The highest BCUT2D eigenvalue weighted by atomic mass is 32.1. The summed E-state index contributed by atoms with van der Waals surface area (Å²) in [6.07, 6.45) is 0.870. The summed E-state index contributed by atoms with van der Waals surface area (Å²) in [5, 5.41) is 12.1. The second-order valence-electron chi connectivity index (χ2n) is 4.11. The highest BCUT2D eigenvalue weighted by Crippen LogP contribution is 2.36. The summed E-state index contributed by atoms with van der Waals surface area (Å²) in [6, 6.07) is 1.27. The third kappa shape index (κ3) is 1.79. The largest absolute Gasteiger partial charge is 0.479 e. The standard InChI is InChI=1S/C11H11N3O2S2/c1-6-12-11(18-13-6)14-4-2-8-7(3-5-17-8)9(14)10(15)16/h3,5,9H,2,4H2,1H3,(H,15,16). The molecule has 0 saturated heterocycles. The van der Waals surface area contributed by atoms with Crippen LogP contribution in [-0.4, -0.2) is 27.0 Å². The van der Waals surface area contributed by atoms with Gasteiger partial charge >= 0.3 is 5.97 Å². The fourth-order valence-corrected chi connectivity index (χ4v) is 3.82. The Kier molecular flexibility index (Phi) is 2.79. The number of hydrogen-bond donors (Lipinski definition) is 1. The number of fused-ring (bicyclic) bond motifs is 1. The molecule has 1 N–H and O–H groups in total. The Labute approximate surface area is 112 Å². The van der Waals surface area contributed by atoms with Crippen LogP contribution in [0.3, 0.4) is 0 Å². The predicted octanol–water partition coefficient (Wildman–Crippen LogP) is 2.10. The molecule has 2 aromatic rings. The number of thiophene rings is 1. The van der Waals surface area contributed by atoms with E-state index in [9.17, 15) is 9.90 Å². The molecule has 0 aromatic carbocycles. The topological polar surface area (TPSA) is 66.3 Å². The molecule has 7 heteroatoms. The van der Waals surface area contributed by atoms with Gasteiger partial charge in [-0.2, -0.15) is 4.37 Å². The second-order valence-corrected chi connectivity index (χ2v) is 5.84. The minimum Gasteiger partial charge on any atom is -0.479 e. The molecule has 1 aliphatic heterocycles. The average molecular weight is 281 g/mol. The first kappa shape index (κ1) is 11.6. The fraction of sp³-hybridized carbons (Fsp3) is 0.364. The van der Waals surface area contributed by atoms with Gasteiger partial charge in [0.1, 0.15) is 5.82 Å². The monoisotopic (exact) mass is 281 g/mol. The van der Waals surface area contributed by atoms with Gasteiger partial charge < -0.3 is 10.0 Å². The van der Waals surface area contributed by atoms with Crippen LogP contribution in [0.4, 0.5) is 5.13 Å². The lowest BCUT2D eigenvalue weighted by Crippen LogP contribution is -2.39. The van der Waals surface area contributed by atoms with Gasteiger partial charge in [-0.15, -0.1) is 11.3 Å². The quantitative estimate of drug-likeness (QED) is 0.913. The molecule has 2 aromatic heterocycles. The SMILES string of the molecule is Cc1nsc(N2CCc3sccc3C2C(=O)O)n1. The lowest BCUT2D eigenvalue weighted by molar-refractivity contribution is -0.138. The molecule has 3 rings (SSSR count). The minimum absolute atomic E-state index is 0.632. The molecule has 94 valence electrons. The third-order valence-corrected chi connectivity index (χ3v) is 4.80. The molecule has 3 heterocycles. The van der Waals surface area contributed by atoms with Gasteiger partial charge in [0, 0.05) is 23.0 Å². The van der Waals surface area contributed by atoms with Crippen molar-refractivity contribution in [2.75, 3.05) is 11.4 Å². The maximum absolute atomic E-state index is 11.5. The molecular weight excluding hydrogens is 270 g/mol. The minimum atomic E-state index is -0.831. The fourth-order valence-electron chi connectivity index (χ4n) is 2.19. The molecule has 0 saturated carbocycles. The molecule has 5 nitrogen and oxygen atoms in total. The van der Waals surface area contributed by atoms with Crippen molar-refractivity contribution in [1.29, 1.82) is 0 Å². The Morgan fingerprint density at radius 2 is 2.44 bits per heavy atom. The molecule has 0 fully saturated rings. The number of rotatable bonds is 2. The Hall–Kier alpha value is -1.47. The van der Waals surface area contributed by atoms with E-state index in [1.807, 2.05) is 23.3 Å². The van der Waals surface area contributed by atoms with Crippen molar-refractivity contribution >= 4 is 34.0 Å². The summed E-state index contributed by atoms with van der Waals surface area (Å²) in [6.45, 7) is 2.49. The summed E-state index contributed by atoms with van der Waals surface area (Å²) >= 11 is 2.89. The van der Waals surface area contributed by atoms with Crippen molar-refractivity contribution in [3.8, 4) is 0 Å². The van der Waals surface area contributed by atoms with Crippen LogP contribution in [0.2, 0.25) is 0 Å². The van der Waals surface area contributed by atoms with Gasteiger partial charge in [0.25, 0.3) is 0 Å². The molecule has 18 heavy (non-hydrogen) atoms. The smallest absolute Gasteiger partial charge is 0.331 e. The highest BCUT2D eigenvalue weighted by molar-refractivity contribution is 7.10. The van der Waals surface area contributed by atoms with Gasteiger partial charge in [-0.3, -0.25) is 0 Å². The van der Waals surface area contributed by atoms with E-state index in [4.69, 9.17) is 0 Å². The van der Waals surface area contributed by atoms with Gasteiger partial charge in [0.2, 0.25) is 5.13 Å². The summed E-state index contributed by atoms with van der Waals surface area (Å²) in [7, 11) is 0. The summed E-state index contributed by atoms with van der Waals surface area (Å²) < 4.78 is 4.13. The van der Waals surface area contributed by atoms with Crippen molar-refractivity contribution in [3.05, 3.63) is 27.7 Å². The zero-order valence-corrected chi connectivity index (χ0v) is 11.3. The van der Waals surface area contributed by atoms with Crippen molar-refractivity contribution in [2.45, 2.75) is 19.4 Å². The van der Waals surface area contributed by atoms with E-state index < -0.39 is 12.0 Å². The van der Waals surface area contributed by atoms with Crippen LogP contribution >= 0.6 is 22.9 Å². The molecule has 0 spiro atoms. The number of aromatic nitrogens is 2. The molecular formula is C11H11N3O2S2. The van der Waals surface area contributed by atoms with Gasteiger partial charge in [0.15, 0.2) is 6.04 Å². The van der Waals surface area contributed by atoms with E-state index in [2.05, 4.69) is 9.36 Å². The lowest BCUT2D eigenvalue weighted by atomic mass is 10.0. The predicted molar refractivity (Wildman–Crippen MR) is 70.4 cm³/mol. The number of nitrogens with zero attached hydrogens (tertiary/aromatic N) is 3. The van der Waals surface area contributed by atoms with E-state index in [-0.39, 0.29) is 0 Å². The Morgan fingerprint density at radius 3 is 3.11 bits per heavy atom. The van der Waals surface area contributed by atoms with E-state index in [0.29, 0.717) is 17.5 Å². The van der Waals surface area contributed by atoms with Crippen molar-refractivity contribution in [3.63, 3.8) is 0 Å². The van der Waals surface area contributed by atoms with Crippen LogP contribution in [0.25, 0.3) is 0 Å². The number of carboxylic acid groups (broad SMARTS) is 1. The summed E-state index contributed by atoms with van der Waals surface area (Å²) in [5.74, 6) is -0.141. The molecule has 1 unspecified atom stereocenters. The van der Waals surface area contributed by atoms with Crippen LogP contribution < -0.4 is 4.90 Å². The number of aliphatic carboxylic acids is 1. The normalized spacial score (nSPS) is 18.7. The average Bonchev–Trinajstić information content (AvgIpc) is 2.95. The van der Waals surface area contributed by atoms with Crippen molar-refractivity contribution < 1.29 is 9.90 Å². The lowest BCUT2D eigenvalue weighted by Gasteiger charge is -2.32. The van der Waals surface area contributed by atoms with Crippen molar-refractivity contribution in [1.82, 2.24) is 9.36 Å². The van der Waals surface area contributed by atoms with Crippen LogP contribution in [0.15, 0.2) is 11.4 Å². The number of hydrogen-bond acceptors (Lipinski definition) is 6. The molecule has 0 aliphatic carbocycles.